The molecule has 4 rings (SSSR count). The van der Waals surface area contributed by atoms with Gasteiger partial charge in [0.15, 0.2) is 0 Å². The lowest BCUT2D eigenvalue weighted by molar-refractivity contribution is -0.147. The van der Waals surface area contributed by atoms with Crippen LogP contribution in [0.5, 0.6) is 0 Å². The molecular weight excluding hydrogens is 478 g/mol. The van der Waals surface area contributed by atoms with Crippen molar-refractivity contribution in [2.45, 2.75) is 20.4 Å². The summed E-state index contributed by atoms with van der Waals surface area (Å²) in [6.45, 7) is 10.7. The average Bonchev–Trinajstić information content (AvgIpc) is 3.37. The first-order valence-corrected chi connectivity index (χ1v) is 12.0. The molecule has 0 aliphatic heterocycles. The highest BCUT2D eigenvalue weighted by Gasteiger charge is 2.24. The Kier molecular flexibility index (Phi) is 6.90. The number of benzene rings is 2. The number of hydrogen-bond acceptors (Lipinski definition) is 4. The molecule has 182 valence electrons. The summed E-state index contributed by atoms with van der Waals surface area (Å²) in [5.41, 5.74) is 3.83. The first-order chi connectivity index (χ1) is 17.2. The van der Waals surface area contributed by atoms with Gasteiger partial charge in [0, 0.05) is 38.1 Å². The first kappa shape index (κ1) is 24.7. The summed E-state index contributed by atoms with van der Waals surface area (Å²) in [7, 11) is 0. The summed E-state index contributed by atoms with van der Waals surface area (Å²) in [4.78, 5) is 40.5. The minimum absolute atomic E-state index is 0.338. The molecule has 36 heavy (non-hydrogen) atoms. The van der Waals surface area contributed by atoms with Crippen molar-refractivity contribution in [2.75, 3.05) is 13.1 Å². The zero-order valence-corrected chi connectivity index (χ0v) is 20.5. The molecule has 0 aliphatic rings. The van der Waals surface area contributed by atoms with Crippen molar-refractivity contribution in [3.63, 3.8) is 0 Å². The number of carbonyl (C=O) groups excluding carboxylic acids is 1. The summed E-state index contributed by atoms with van der Waals surface area (Å²) in [6, 6.07) is 16.5. The molecule has 1 amide bonds. The van der Waals surface area contributed by atoms with Crippen LogP contribution in [0.1, 0.15) is 17.4 Å². The Morgan fingerprint density at radius 1 is 1.03 bits per heavy atom. The number of aliphatic carboxylic acids is 2. The number of aryl methyl sites for hydroxylation is 2. The minimum Gasteiger partial charge on any atom is -0.480 e. The van der Waals surface area contributed by atoms with E-state index in [1.165, 1.54) is 28.3 Å². The molecular formula is C27H23N3O5S. The molecule has 2 N–H and O–H groups in total. The van der Waals surface area contributed by atoms with Crippen molar-refractivity contribution in [3.05, 3.63) is 76.1 Å². The Bertz CT molecular complexity index is 1570. The molecule has 9 heteroatoms. The lowest BCUT2D eigenvalue weighted by Gasteiger charge is -2.17. The summed E-state index contributed by atoms with van der Waals surface area (Å²) in [6.07, 6.45) is 1.40. The second kappa shape index (κ2) is 10.1. The number of hydrogen-bond donors (Lipinski definition) is 2. The van der Waals surface area contributed by atoms with Gasteiger partial charge in [0.2, 0.25) is 0 Å². The van der Waals surface area contributed by atoms with Gasteiger partial charge in [-0.3, -0.25) is 14.4 Å². The number of para-hydroxylation sites is 1. The highest BCUT2D eigenvalue weighted by atomic mass is 32.1. The van der Waals surface area contributed by atoms with Crippen molar-refractivity contribution in [1.82, 2.24) is 9.47 Å². The third-order valence-corrected chi connectivity index (χ3v) is 7.11. The van der Waals surface area contributed by atoms with Gasteiger partial charge in [0.05, 0.1) is 6.57 Å². The van der Waals surface area contributed by atoms with Crippen LogP contribution in [0.2, 0.25) is 0 Å². The Hall–Kier alpha value is -4.42. The largest absolute Gasteiger partial charge is 0.480 e. The molecule has 2 aromatic heterocycles. The van der Waals surface area contributed by atoms with Crippen LogP contribution in [0, 0.1) is 13.5 Å². The number of carbonyl (C=O) groups is 3. The topological polar surface area (TPSA) is 104 Å². The van der Waals surface area contributed by atoms with E-state index < -0.39 is 30.9 Å². The van der Waals surface area contributed by atoms with E-state index in [1.807, 2.05) is 25.1 Å². The van der Waals surface area contributed by atoms with E-state index in [0.717, 1.165) is 33.5 Å². The molecule has 0 saturated heterocycles. The zero-order chi connectivity index (χ0) is 26.0. The molecule has 0 atom stereocenters. The molecule has 0 spiro atoms. The van der Waals surface area contributed by atoms with Crippen LogP contribution in [0.25, 0.3) is 43.2 Å². The number of nitrogens with zero attached hydrogens (tertiary/aromatic N) is 3. The smallest absolute Gasteiger partial charge is 0.323 e. The van der Waals surface area contributed by atoms with Crippen molar-refractivity contribution < 1.29 is 24.6 Å². The quantitative estimate of drug-likeness (QED) is 0.258. The predicted molar refractivity (Wildman–Crippen MR) is 140 cm³/mol. The fraction of sp³-hybridized carbons (Fsp3) is 0.185. The maximum absolute atomic E-state index is 12.8. The predicted octanol–water partition coefficient (Wildman–Crippen LogP) is 5.11. The van der Waals surface area contributed by atoms with Crippen molar-refractivity contribution in [2.24, 2.45) is 0 Å². The number of thiophene rings is 1. The van der Waals surface area contributed by atoms with Crippen molar-refractivity contribution >= 4 is 57.1 Å². The molecule has 2 heterocycles. The molecule has 4 aromatic rings. The van der Waals surface area contributed by atoms with Gasteiger partial charge < -0.3 is 19.7 Å². The molecule has 0 bridgehead atoms. The van der Waals surface area contributed by atoms with Crippen molar-refractivity contribution in [3.8, 4) is 10.4 Å². The number of aromatic nitrogens is 1. The Morgan fingerprint density at radius 2 is 1.69 bits per heavy atom. The highest BCUT2D eigenvalue weighted by Crippen LogP contribution is 2.37. The Balaban J connectivity index is 1.73. The molecule has 0 radical (unpaired) electrons. The lowest BCUT2D eigenvalue weighted by atomic mass is 10.1. The van der Waals surface area contributed by atoms with Gasteiger partial charge in [-0.1, -0.05) is 24.3 Å². The lowest BCUT2D eigenvalue weighted by Crippen LogP contribution is -2.39. The van der Waals surface area contributed by atoms with Gasteiger partial charge in [0.25, 0.3) is 11.6 Å². The van der Waals surface area contributed by atoms with Gasteiger partial charge in [-0.15, -0.1) is 11.3 Å². The second-order valence-electron chi connectivity index (χ2n) is 8.24. The van der Waals surface area contributed by atoms with Gasteiger partial charge in [0.1, 0.15) is 13.1 Å². The monoisotopic (exact) mass is 501 g/mol. The van der Waals surface area contributed by atoms with Crippen LogP contribution in [-0.2, 0) is 20.9 Å². The van der Waals surface area contributed by atoms with Gasteiger partial charge >= 0.3 is 11.9 Å². The zero-order valence-electron chi connectivity index (χ0n) is 19.7. The number of carboxylic acid groups (broad SMARTS) is 2. The normalized spacial score (nSPS) is 11.5. The van der Waals surface area contributed by atoms with Crippen molar-refractivity contribution in [1.29, 1.82) is 0 Å². The van der Waals surface area contributed by atoms with Crippen LogP contribution in [0.15, 0.2) is 54.2 Å². The Labute approximate surface area is 211 Å². The summed E-state index contributed by atoms with van der Waals surface area (Å²) in [5.74, 6) is -3.65. The third-order valence-electron chi connectivity index (χ3n) is 5.88. The highest BCUT2D eigenvalue weighted by molar-refractivity contribution is 7.16. The second-order valence-corrected chi connectivity index (χ2v) is 9.33. The average molecular weight is 502 g/mol. The standard InChI is InChI=1S/C27H23N3O5S/c1-4-30-21-8-6-5-7-18(21)19-12-17(9-10-22(19)30)24-11-16(2)23(36-24)13-20(28-3)27(35)29(14-25(31)32)15-26(33)34/h5-13H,4,14-15H2,1-2H3,(H,31,32)(H,33,34)/b20-13-. The van der Waals surface area contributed by atoms with E-state index in [1.54, 1.807) is 0 Å². The van der Waals surface area contributed by atoms with Gasteiger partial charge in [-0.05, 0) is 55.3 Å². The van der Waals surface area contributed by atoms with Crippen LogP contribution >= 0.6 is 11.3 Å². The van der Waals surface area contributed by atoms with E-state index in [9.17, 15) is 14.4 Å². The van der Waals surface area contributed by atoms with Gasteiger partial charge in [-0.2, -0.15) is 0 Å². The minimum atomic E-state index is -1.36. The number of fused-ring (bicyclic) bond motifs is 3. The third kappa shape index (κ3) is 4.72. The van der Waals surface area contributed by atoms with Crippen LogP contribution in [0.4, 0.5) is 0 Å². The number of amides is 1. The van der Waals surface area contributed by atoms with Crippen LogP contribution in [-0.4, -0.2) is 50.6 Å². The van der Waals surface area contributed by atoms with E-state index in [-0.39, 0.29) is 5.70 Å². The molecule has 0 unspecified atom stereocenters. The molecule has 2 aromatic carbocycles. The summed E-state index contributed by atoms with van der Waals surface area (Å²) < 4.78 is 2.27. The number of carboxylic acids is 2. The number of rotatable bonds is 8. The summed E-state index contributed by atoms with van der Waals surface area (Å²) >= 11 is 1.41. The fourth-order valence-corrected chi connectivity index (χ4v) is 5.39. The summed E-state index contributed by atoms with van der Waals surface area (Å²) in [5, 5.41) is 20.4. The molecule has 0 aliphatic carbocycles. The van der Waals surface area contributed by atoms with E-state index in [2.05, 4.69) is 46.7 Å². The molecule has 8 nitrogen and oxygen atoms in total. The SMILES string of the molecule is [C-]#[N+]/C(=C\c1sc(-c2ccc3c(c2)c2ccccc2n3CC)cc1C)C(=O)N(CC(=O)O)CC(=O)O. The maximum atomic E-state index is 12.8. The molecule has 0 fully saturated rings. The Morgan fingerprint density at radius 3 is 2.33 bits per heavy atom. The van der Waals surface area contributed by atoms with E-state index >= 15 is 0 Å². The fourth-order valence-electron chi connectivity index (χ4n) is 4.28. The van der Waals surface area contributed by atoms with E-state index in [4.69, 9.17) is 16.8 Å². The maximum Gasteiger partial charge on any atom is 0.323 e. The first-order valence-electron chi connectivity index (χ1n) is 11.2. The van der Waals surface area contributed by atoms with Crippen LogP contribution < -0.4 is 0 Å². The molecule has 0 saturated carbocycles. The van der Waals surface area contributed by atoms with Gasteiger partial charge in [-0.25, -0.2) is 4.85 Å². The van der Waals surface area contributed by atoms with Crippen LogP contribution in [0.3, 0.4) is 0 Å². The van der Waals surface area contributed by atoms with E-state index in [0.29, 0.717) is 9.78 Å².